The second kappa shape index (κ2) is 6.64. The van der Waals surface area contributed by atoms with Gasteiger partial charge < -0.3 is 14.8 Å². The Labute approximate surface area is 126 Å². The topological polar surface area (TPSA) is 30.5 Å². The minimum Gasteiger partial charge on any atom is -0.486 e. The summed E-state index contributed by atoms with van der Waals surface area (Å²) < 4.78 is 47.2. The number of rotatable bonds is 5. The lowest BCUT2D eigenvalue weighted by molar-refractivity contribution is -0.135. The molecule has 1 aliphatic heterocycles. The molecular weight excluding hydrogens is 307 g/mol. The van der Waals surface area contributed by atoms with E-state index in [4.69, 9.17) is 21.1 Å². The van der Waals surface area contributed by atoms with Gasteiger partial charge in [0.15, 0.2) is 11.5 Å². The summed E-state index contributed by atoms with van der Waals surface area (Å²) in [6, 6.07) is 3.25. The maximum absolute atomic E-state index is 12.1. The molecular formula is C14H17ClF3NO2. The van der Waals surface area contributed by atoms with Gasteiger partial charge in [0.25, 0.3) is 0 Å². The Kier molecular flexibility index (Phi) is 5.08. The van der Waals surface area contributed by atoms with E-state index in [1.54, 1.807) is 12.1 Å². The summed E-state index contributed by atoms with van der Waals surface area (Å²) in [5, 5.41) is 3.57. The van der Waals surface area contributed by atoms with Crippen LogP contribution in [0.4, 0.5) is 18.9 Å². The van der Waals surface area contributed by atoms with Crippen LogP contribution in [0.25, 0.3) is 0 Å². The number of fused-ring (bicyclic) bond motifs is 1. The molecule has 0 saturated heterocycles. The molecule has 1 aromatic carbocycles. The van der Waals surface area contributed by atoms with E-state index in [1.807, 2.05) is 6.92 Å². The predicted octanol–water partition coefficient (Wildman–Crippen LogP) is 4.64. The minimum absolute atomic E-state index is 0.0832. The second-order valence-corrected chi connectivity index (χ2v) is 5.44. The lowest BCUT2D eigenvalue weighted by Crippen LogP contribution is -2.18. The molecule has 3 nitrogen and oxygen atoms in total. The van der Waals surface area contributed by atoms with Gasteiger partial charge in [-0.2, -0.15) is 13.2 Å². The molecule has 0 aromatic heterocycles. The van der Waals surface area contributed by atoms with Gasteiger partial charge in [-0.3, -0.25) is 0 Å². The lowest BCUT2D eigenvalue weighted by atomic mass is 10.1. The van der Waals surface area contributed by atoms with E-state index in [-0.39, 0.29) is 12.5 Å². The summed E-state index contributed by atoms with van der Waals surface area (Å²) in [7, 11) is 0. The highest BCUT2D eigenvalue weighted by atomic mass is 35.5. The van der Waals surface area contributed by atoms with Gasteiger partial charge in [-0.1, -0.05) is 11.6 Å². The molecule has 1 N–H and O–H groups in total. The zero-order valence-electron chi connectivity index (χ0n) is 11.6. The average molecular weight is 324 g/mol. The number of alkyl halides is 3. The van der Waals surface area contributed by atoms with Crippen molar-refractivity contribution in [2.24, 2.45) is 0 Å². The van der Waals surface area contributed by atoms with Crippen LogP contribution < -0.4 is 14.8 Å². The fraction of sp³-hybridized carbons (Fsp3) is 0.571. The predicted molar refractivity (Wildman–Crippen MR) is 75.4 cm³/mol. The molecule has 0 saturated carbocycles. The van der Waals surface area contributed by atoms with Crippen LogP contribution in [0.3, 0.4) is 0 Å². The van der Waals surface area contributed by atoms with E-state index < -0.39 is 12.6 Å². The molecule has 2 rings (SSSR count). The van der Waals surface area contributed by atoms with Crippen molar-refractivity contribution in [3.05, 3.63) is 17.2 Å². The highest BCUT2D eigenvalue weighted by Gasteiger charge is 2.26. The largest absolute Gasteiger partial charge is 0.486 e. The third-order valence-electron chi connectivity index (χ3n) is 3.13. The van der Waals surface area contributed by atoms with Gasteiger partial charge in [0.2, 0.25) is 0 Å². The molecule has 1 aliphatic rings. The van der Waals surface area contributed by atoms with Gasteiger partial charge >= 0.3 is 6.18 Å². The first kappa shape index (κ1) is 16.1. The van der Waals surface area contributed by atoms with E-state index >= 15 is 0 Å². The van der Waals surface area contributed by atoms with Crippen LogP contribution in [-0.2, 0) is 0 Å². The van der Waals surface area contributed by atoms with Crippen molar-refractivity contribution in [2.45, 2.75) is 38.4 Å². The van der Waals surface area contributed by atoms with Crippen LogP contribution >= 0.6 is 11.6 Å². The summed E-state index contributed by atoms with van der Waals surface area (Å²) in [5.41, 5.74) is 0.639. The maximum Gasteiger partial charge on any atom is 0.389 e. The zero-order chi connectivity index (χ0) is 15.5. The number of anilines is 1. The lowest BCUT2D eigenvalue weighted by Gasteiger charge is -2.22. The molecule has 0 bridgehead atoms. The van der Waals surface area contributed by atoms with E-state index in [2.05, 4.69) is 5.32 Å². The summed E-state index contributed by atoms with van der Waals surface area (Å²) in [6.07, 6.45) is -4.38. The first-order valence-electron chi connectivity index (χ1n) is 6.77. The number of hydrogen-bond acceptors (Lipinski definition) is 3. The van der Waals surface area contributed by atoms with Crippen LogP contribution in [0.5, 0.6) is 11.5 Å². The van der Waals surface area contributed by atoms with Crippen LogP contribution in [0.1, 0.15) is 26.2 Å². The van der Waals surface area contributed by atoms with E-state index in [0.29, 0.717) is 41.8 Å². The highest BCUT2D eigenvalue weighted by Crippen LogP contribution is 2.38. The standard InChI is InChI=1S/C14H17ClF3NO2/c1-9(3-2-4-14(16,17)18)19-11-8-13-12(7-10(11)15)20-5-6-21-13/h7-9,19H,2-6H2,1H3. The molecule has 1 aromatic rings. The normalized spacial score (nSPS) is 15.7. The van der Waals surface area contributed by atoms with Crippen LogP contribution in [0, 0.1) is 0 Å². The van der Waals surface area contributed by atoms with Gasteiger partial charge in [-0.05, 0) is 19.8 Å². The molecule has 1 unspecified atom stereocenters. The Hall–Kier alpha value is -1.30. The van der Waals surface area contributed by atoms with E-state index in [9.17, 15) is 13.2 Å². The zero-order valence-corrected chi connectivity index (χ0v) is 12.4. The molecule has 0 fully saturated rings. The minimum atomic E-state index is -4.10. The van der Waals surface area contributed by atoms with Crippen molar-refractivity contribution in [1.29, 1.82) is 0 Å². The van der Waals surface area contributed by atoms with Crippen LogP contribution in [-0.4, -0.2) is 25.4 Å². The number of benzene rings is 1. The molecule has 0 amide bonds. The summed E-state index contributed by atoms with van der Waals surface area (Å²) in [6.45, 7) is 2.77. The van der Waals surface area contributed by atoms with Gasteiger partial charge in [0.05, 0.1) is 10.7 Å². The van der Waals surface area contributed by atoms with Crippen molar-refractivity contribution < 1.29 is 22.6 Å². The summed E-state index contributed by atoms with van der Waals surface area (Å²) >= 11 is 6.13. The fourth-order valence-electron chi connectivity index (χ4n) is 2.12. The van der Waals surface area contributed by atoms with E-state index in [1.165, 1.54) is 0 Å². The van der Waals surface area contributed by atoms with Crippen molar-refractivity contribution in [3.8, 4) is 11.5 Å². The molecule has 7 heteroatoms. The van der Waals surface area contributed by atoms with Gasteiger partial charge in [-0.25, -0.2) is 0 Å². The number of halogens is 4. The summed E-state index contributed by atoms with van der Waals surface area (Å²) in [5.74, 6) is 1.18. The van der Waals surface area contributed by atoms with Crippen molar-refractivity contribution in [2.75, 3.05) is 18.5 Å². The molecule has 0 radical (unpaired) electrons. The smallest absolute Gasteiger partial charge is 0.389 e. The summed E-state index contributed by atoms with van der Waals surface area (Å²) in [4.78, 5) is 0. The first-order chi connectivity index (χ1) is 9.85. The Morgan fingerprint density at radius 3 is 2.48 bits per heavy atom. The quantitative estimate of drug-likeness (QED) is 0.856. The molecule has 1 heterocycles. The maximum atomic E-state index is 12.1. The van der Waals surface area contributed by atoms with Crippen molar-refractivity contribution in [1.82, 2.24) is 0 Å². The third-order valence-corrected chi connectivity index (χ3v) is 3.44. The van der Waals surface area contributed by atoms with Crippen molar-refractivity contribution in [3.63, 3.8) is 0 Å². The van der Waals surface area contributed by atoms with Gasteiger partial charge in [0, 0.05) is 24.6 Å². The van der Waals surface area contributed by atoms with E-state index in [0.717, 1.165) is 0 Å². The molecule has 1 atom stereocenters. The average Bonchev–Trinajstić information content (AvgIpc) is 2.38. The van der Waals surface area contributed by atoms with Gasteiger partial charge in [0.1, 0.15) is 13.2 Å². The van der Waals surface area contributed by atoms with Gasteiger partial charge in [-0.15, -0.1) is 0 Å². The monoisotopic (exact) mass is 323 g/mol. The Bertz CT molecular complexity index is 494. The molecule has 0 spiro atoms. The molecule has 0 aliphatic carbocycles. The highest BCUT2D eigenvalue weighted by molar-refractivity contribution is 6.33. The Morgan fingerprint density at radius 1 is 1.24 bits per heavy atom. The van der Waals surface area contributed by atoms with Crippen molar-refractivity contribution >= 4 is 17.3 Å². The second-order valence-electron chi connectivity index (χ2n) is 5.03. The van der Waals surface area contributed by atoms with Crippen LogP contribution in [0.2, 0.25) is 5.02 Å². The van der Waals surface area contributed by atoms with Crippen LogP contribution in [0.15, 0.2) is 12.1 Å². The SMILES string of the molecule is CC(CCCC(F)(F)F)Nc1cc2c(cc1Cl)OCCO2. The first-order valence-corrected chi connectivity index (χ1v) is 7.15. The number of hydrogen-bond donors (Lipinski definition) is 1. The fourth-order valence-corrected chi connectivity index (χ4v) is 2.33. The molecule has 21 heavy (non-hydrogen) atoms. The third kappa shape index (κ3) is 4.88. The molecule has 118 valence electrons. The Balaban J connectivity index is 1.93. The number of nitrogens with one attached hydrogen (secondary N) is 1. The number of ether oxygens (including phenoxy) is 2. The Morgan fingerprint density at radius 2 is 1.86 bits per heavy atom.